The molecule has 1 aromatic carbocycles. The zero-order valence-corrected chi connectivity index (χ0v) is 15.1. The number of nitrogens with one attached hydrogen (secondary N) is 1. The van der Waals surface area contributed by atoms with E-state index in [0.29, 0.717) is 36.4 Å². The molecule has 0 spiro atoms. The molecule has 0 atom stereocenters. The molecule has 0 bridgehead atoms. The van der Waals surface area contributed by atoms with Crippen LogP contribution < -0.4 is 5.32 Å². The van der Waals surface area contributed by atoms with Crippen LogP contribution in [0.15, 0.2) is 41.9 Å². The second-order valence-corrected chi connectivity index (χ2v) is 6.33. The van der Waals surface area contributed by atoms with E-state index in [4.69, 9.17) is 4.74 Å². The third kappa shape index (κ3) is 4.72. The van der Waals surface area contributed by atoms with Gasteiger partial charge in [-0.1, -0.05) is 0 Å². The number of allylic oxidation sites excluding steroid dienone is 1. The fourth-order valence-electron chi connectivity index (χ4n) is 2.99. The van der Waals surface area contributed by atoms with Crippen LogP contribution in [0.4, 0.5) is 0 Å². The molecule has 8 nitrogen and oxygen atoms in total. The number of rotatable bonds is 6. The minimum Gasteiger partial charge on any atom is -0.508 e. The highest BCUT2D eigenvalue weighted by Gasteiger charge is 2.21. The second kappa shape index (κ2) is 8.48. The Hall–Kier alpha value is -3.16. The van der Waals surface area contributed by atoms with Gasteiger partial charge in [-0.2, -0.15) is 5.10 Å². The number of carbonyl (C=O) groups excluding carboxylic acids is 2. The Bertz CT molecular complexity index is 855. The van der Waals surface area contributed by atoms with Gasteiger partial charge in [-0.15, -0.1) is 0 Å². The first-order valence-electron chi connectivity index (χ1n) is 8.87. The van der Waals surface area contributed by atoms with Gasteiger partial charge in [-0.05, 0) is 49.9 Å². The smallest absolute Gasteiger partial charge is 0.335 e. The summed E-state index contributed by atoms with van der Waals surface area (Å²) in [7, 11) is 1.35. The van der Waals surface area contributed by atoms with Crippen molar-refractivity contribution >= 4 is 11.9 Å². The Morgan fingerprint density at radius 3 is 2.70 bits per heavy atom. The fraction of sp³-hybridized carbons (Fsp3) is 0.368. The first-order chi connectivity index (χ1) is 13.1. The van der Waals surface area contributed by atoms with Gasteiger partial charge in [0.2, 0.25) is 5.91 Å². The second-order valence-electron chi connectivity index (χ2n) is 6.33. The minimum absolute atomic E-state index is 0.172. The standard InChI is InChI=1S/C19H22N4O4/c1-27-19(26)15-4-2-3-5-16(15)21-18(25)11-10-17-20-12-23(22-17)13-6-8-14(24)9-7-13/h6-9,12,24H,2-5,10-11H2,1H3,(H,21,25). The van der Waals surface area contributed by atoms with E-state index in [2.05, 4.69) is 15.4 Å². The summed E-state index contributed by atoms with van der Waals surface area (Å²) in [6.45, 7) is 0. The van der Waals surface area contributed by atoms with E-state index in [0.717, 1.165) is 18.5 Å². The lowest BCUT2D eigenvalue weighted by Crippen LogP contribution is -2.28. The van der Waals surface area contributed by atoms with E-state index >= 15 is 0 Å². The van der Waals surface area contributed by atoms with Crippen molar-refractivity contribution in [3.8, 4) is 11.4 Å². The molecule has 0 radical (unpaired) electrons. The van der Waals surface area contributed by atoms with Crippen LogP contribution in [0.25, 0.3) is 5.69 Å². The van der Waals surface area contributed by atoms with Crippen LogP contribution >= 0.6 is 0 Å². The van der Waals surface area contributed by atoms with Crippen molar-refractivity contribution < 1.29 is 19.4 Å². The third-order valence-corrected chi connectivity index (χ3v) is 4.42. The van der Waals surface area contributed by atoms with Crippen LogP contribution in [0, 0.1) is 0 Å². The van der Waals surface area contributed by atoms with Crippen molar-refractivity contribution in [3.63, 3.8) is 0 Å². The van der Waals surface area contributed by atoms with Crippen LogP contribution in [-0.4, -0.2) is 38.9 Å². The number of nitrogens with zero attached hydrogens (tertiary/aromatic N) is 3. The lowest BCUT2D eigenvalue weighted by molar-refractivity contribution is -0.136. The Morgan fingerprint density at radius 1 is 1.22 bits per heavy atom. The molecule has 0 fully saturated rings. The van der Waals surface area contributed by atoms with Crippen molar-refractivity contribution in [2.45, 2.75) is 38.5 Å². The van der Waals surface area contributed by atoms with Gasteiger partial charge < -0.3 is 15.2 Å². The summed E-state index contributed by atoms with van der Waals surface area (Å²) >= 11 is 0. The van der Waals surface area contributed by atoms with Crippen molar-refractivity contribution in [3.05, 3.63) is 47.7 Å². The van der Waals surface area contributed by atoms with Crippen molar-refractivity contribution in [2.75, 3.05) is 7.11 Å². The third-order valence-electron chi connectivity index (χ3n) is 4.42. The normalized spacial score (nSPS) is 14.1. The highest BCUT2D eigenvalue weighted by atomic mass is 16.5. The summed E-state index contributed by atoms with van der Waals surface area (Å²) in [5.74, 6) is 0.178. The number of benzene rings is 1. The molecular weight excluding hydrogens is 348 g/mol. The molecule has 0 saturated heterocycles. The molecule has 0 saturated carbocycles. The Morgan fingerprint density at radius 2 is 1.96 bits per heavy atom. The molecule has 1 aromatic heterocycles. The Balaban J connectivity index is 1.58. The predicted octanol–water partition coefficient (Wildman–Crippen LogP) is 2.02. The number of methoxy groups -OCH3 is 1. The molecule has 0 unspecified atom stereocenters. The average molecular weight is 370 g/mol. The molecule has 1 aliphatic carbocycles. The van der Waals surface area contributed by atoms with Crippen LogP contribution in [0.2, 0.25) is 0 Å². The van der Waals surface area contributed by atoms with Crippen LogP contribution in [-0.2, 0) is 20.7 Å². The van der Waals surface area contributed by atoms with Crippen molar-refractivity contribution in [2.24, 2.45) is 0 Å². The molecule has 3 rings (SSSR count). The monoisotopic (exact) mass is 370 g/mol. The van der Waals surface area contributed by atoms with Crippen LogP contribution in [0.1, 0.15) is 37.9 Å². The zero-order valence-electron chi connectivity index (χ0n) is 15.1. The van der Waals surface area contributed by atoms with Gasteiger partial charge >= 0.3 is 5.97 Å². The number of carbonyl (C=O) groups is 2. The predicted molar refractivity (Wildman–Crippen MR) is 97.0 cm³/mol. The number of hydrogen-bond donors (Lipinski definition) is 2. The molecule has 0 aliphatic heterocycles. The number of esters is 1. The largest absolute Gasteiger partial charge is 0.508 e. The zero-order chi connectivity index (χ0) is 19.2. The first-order valence-corrected chi connectivity index (χ1v) is 8.87. The minimum atomic E-state index is -0.376. The van der Waals surface area contributed by atoms with Gasteiger partial charge in [-0.3, -0.25) is 4.79 Å². The van der Waals surface area contributed by atoms with Gasteiger partial charge in [0.25, 0.3) is 0 Å². The van der Waals surface area contributed by atoms with E-state index in [9.17, 15) is 14.7 Å². The maximum absolute atomic E-state index is 12.3. The number of hydrogen-bond acceptors (Lipinski definition) is 6. The summed E-state index contributed by atoms with van der Waals surface area (Å²) in [6.07, 6.45) is 5.33. The lowest BCUT2D eigenvalue weighted by atomic mass is 9.96. The molecule has 2 aromatic rings. The summed E-state index contributed by atoms with van der Waals surface area (Å²) in [4.78, 5) is 28.3. The van der Waals surface area contributed by atoms with Crippen molar-refractivity contribution in [1.29, 1.82) is 0 Å². The lowest BCUT2D eigenvalue weighted by Gasteiger charge is -2.19. The van der Waals surface area contributed by atoms with E-state index in [1.54, 1.807) is 35.3 Å². The van der Waals surface area contributed by atoms with Crippen LogP contribution in [0.3, 0.4) is 0 Å². The molecule has 1 amide bonds. The molecule has 2 N–H and O–H groups in total. The molecule has 1 heterocycles. The van der Waals surface area contributed by atoms with Gasteiger partial charge in [0.05, 0.1) is 18.4 Å². The molecular formula is C19H22N4O4. The summed E-state index contributed by atoms with van der Waals surface area (Å²) in [5.41, 5.74) is 2.00. The summed E-state index contributed by atoms with van der Waals surface area (Å²) in [6, 6.07) is 6.59. The van der Waals surface area contributed by atoms with E-state index in [1.165, 1.54) is 7.11 Å². The Labute approximate surface area is 156 Å². The van der Waals surface area contributed by atoms with Gasteiger partial charge in [0.1, 0.15) is 12.1 Å². The number of phenols is 1. The van der Waals surface area contributed by atoms with Gasteiger partial charge in [0, 0.05) is 18.5 Å². The maximum Gasteiger partial charge on any atom is 0.335 e. The quantitative estimate of drug-likeness (QED) is 0.754. The Kier molecular flexibility index (Phi) is 5.85. The number of amides is 1. The topological polar surface area (TPSA) is 106 Å². The average Bonchev–Trinajstić information content (AvgIpc) is 3.16. The van der Waals surface area contributed by atoms with Crippen molar-refractivity contribution in [1.82, 2.24) is 20.1 Å². The number of aromatic nitrogens is 3. The molecule has 1 aliphatic rings. The highest BCUT2D eigenvalue weighted by molar-refractivity contribution is 5.90. The molecule has 142 valence electrons. The summed E-state index contributed by atoms with van der Waals surface area (Å²) < 4.78 is 6.39. The SMILES string of the molecule is COC(=O)C1=C(NC(=O)CCc2ncn(-c3ccc(O)cc3)n2)CCCC1. The molecule has 27 heavy (non-hydrogen) atoms. The number of aryl methyl sites for hydroxylation is 1. The first kappa shape index (κ1) is 18.6. The summed E-state index contributed by atoms with van der Waals surface area (Å²) in [5, 5.41) is 16.5. The number of ether oxygens (including phenoxy) is 1. The number of aromatic hydroxyl groups is 1. The maximum atomic E-state index is 12.3. The highest BCUT2D eigenvalue weighted by Crippen LogP contribution is 2.24. The van der Waals surface area contributed by atoms with Crippen LogP contribution in [0.5, 0.6) is 5.75 Å². The van der Waals surface area contributed by atoms with E-state index in [-0.39, 0.29) is 24.0 Å². The van der Waals surface area contributed by atoms with Gasteiger partial charge in [0.15, 0.2) is 5.82 Å². The molecule has 8 heteroatoms. The van der Waals surface area contributed by atoms with E-state index < -0.39 is 0 Å². The number of phenolic OH excluding ortho intramolecular Hbond substituents is 1. The fourth-order valence-corrected chi connectivity index (χ4v) is 2.99. The van der Waals surface area contributed by atoms with Gasteiger partial charge in [-0.25, -0.2) is 14.5 Å². The van der Waals surface area contributed by atoms with E-state index in [1.807, 2.05) is 0 Å².